The summed E-state index contributed by atoms with van der Waals surface area (Å²) >= 11 is 0. The zero-order valence-electron chi connectivity index (χ0n) is 15.6. The molecule has 0 unspecified atom stereocenters. The van der Waals surface area contributed by atoms with E-state index >= 15 is 0 Å². The number of hydrazine groups is 1. The van der Waals surface area contributed by atoms with E-state index in [9.17, 15) is 9.59 Å². The number of hydrogen-bond donors (Lipinski definition) is 3. The van der Waals surface area contributed by atoms with Crippen LogP contribution in [0.5, 0.6) is 0 Å². The molecule has 2 aromatic carbocycles. The van der Waals surface area contributed by atoms with Gasteiger partial charge in [0.15, 0.2) is 0 Å². The first-order valence-electron chi connectivity index (χ1n) is 9.07. The highest BCUT2D eigenvalue weighted by molar-refractivity contribution is 5.95. The van der Waals surface area contributed by atoms with E-state index in [-0.39, 0.29) is 18.3 Å². The van der Waals surface area contributed by atoms with Crippen molar-refractivity contribution < 1.29 is 14.3 Å². The van der Waals surface area contributed by atoms with Gasteiger partial charge in [0, 0.05) is 24.6 Å². The molecular weight excluding hydrogens is 342 g/mol. The summed E-state index contributed by atoms with van der Waals surface area (Å²) in [6.45, 7) is 3.77. The summed E-state index contributed by atoms with van der Waals surface area (Å²) in [5, 5.41) is 2.97. The van der Waals surface area contributed by atoms with Gasteiger partial charge in [-0.15, -0.1) is 0 Å². The van der Waals surface area contributed by atoms with Gasteiger partial charge in [0.1, 0.15) is 0 Å². The molecule has 1 aliphatic heterocycles. The molecule has 1 saturated heterocycles. The number of rotatable bonds is 6. The average molecular weight is 367 g/mol. The second kappa shape index (κ2) is 8.79. The Bertz CT molecular complexity index is 802. The van der Waals surface area contributed by atoms with Crippen molar-refractivity contribution in [3.63, 3.8) is 0 Å². The highest BCUT2D eigenvalue weighted by Gasteiger charge is 2.22. The fraction of sp³-hybridized carbons (Fsp3) is 0.333. The third-order valence-corrected chi connectivity index (χ3v) is 4.90. The number of amides is 1. The molecule has 1 atom stereocenters. The molecule has 0 spiro atoms. The van der Waals surface area contributed by atoms with Crippen LogP contribution in [0.15, 0.2) is 48.5 Å². The number of carbonyl (C=O) groups excluding carboxylic acids is 2. The molecule has 0 aliphatic carbocycles. The number of ether oxygens (including phenoxy) is 1. The zero-order chi connectivity index (χ0) is 19.2. The second-order valence-corrected chi connectivity index (χ2v) is 6.75. The van der Waals surface area contributed by atoms with Crippen molar-refractivity contribution in [3.05, 3.63) is 70.8 Å². The van der Waals surface area contributed by atoms with Crippen LogP contribution < -0.4 is 16.2 Å². The summed E-state index contributed by atoms with van der Waals surface area (Å²) in [6.07, 6.45) is 0.0860. The Hall–Kier alpha value is -2.70. The van der Waals surface area contributed by atoms with Crippen molar-refractivity contribution in [2.45, 2.75) is 25.3 Å². The lowest BCUT2D eigenvalue weighted by Crippen LogP contribution is -2.30. The van der Waals surface area contributed by atoms with Crippen LogP contribution in [-0.4, -0.2) is 32.1 Å². The van der Waals surface area contributed by atoms with E-state index in [1.165, 1.54) is 12.7 Å². The summed E-state index contributed by atoms with van der Waals surface area (Å²) in [5.41, 5.74) is 10.0. The number of methoxy groups -OCH3 is 1. The second-order valence-electron chi connectivity index (χ2n) is 6.75. The maximum Gasteiger partial charge on any atom is 0.307 e. The number of nitrogens with one attached hydrogen (secondary N) is 3. The Morgan fingerprint density at radius 2 is 1.85 bits per heavy atom. The van der Waals surface area contributed by atoms with E-state index in [1.807, 2.05) is 55.5 Å². The van der Waals surface area contributed by atoms with Crippen molar-refractivity contribution in [1.29, 1.82) is 0 Å². The Kier molecular flexibility index (Phi) is 6.21. The fourth-order valence-corrected chi connectivity index (χ4v) is 3.39. The first kappa shape index (κ1) is 19.1. The highest BCUT2D eigenvalue weighted by atomic mass is 16.5. The lowest BCUT2D eigenvalue weighted by Gasteiger charge is -2.19. The van der Waals surface area contributed by atoms with Gasteiger partial charge in [-0.3, -0.25) is 20.4 Å². The van der Waals surface area contributed by atoms with Gasteiger partial charge in [-0.05, 0) is 35.7 Å². The van der Waals surface area contributed by atoms with Crippen molar-refractivity contribution >= 4 is 11.9 Å². The van der Waals surface area contributed by atoms with Crippen molar-refractivity contribution in [1.82, 2.24) is 16.2 Å². The van der Waals surface area contributed by atoms with Crippen molar-refractivity contribution in [2.75, 3.05) is 20.2 Å². The predicted molar refractivity (Wildman–Crippen MR) is 103 cm³/mol. The van der Waals surface area contributed by atoms with Crippen LogP contribution in [0.2, 0.25) is 0 Å². The van der Waals surface area contributed by atoms with Gasteiger partial charge in [0.2, 0.25) is 0 Å². The topological polar surface area (TPSA) is 79.5 Å². The quantitative estimate of drug-likeness (QED) is 0.683. The SMILES string of the molecule is COC(=O)C[C@@H](NC(=O)c1ccc(C2CNNC2)c(C)c1)c1ccccc1. The summed E-state index contributed by atoms with van der Waals surface area (Å²) in [4.78, 5) is 24.6. The third-order valence-electron chi connectivity index (χ3n) is 4.90. The largest absolute Gasteiger partial charge is 0.469 e. The fourth-order valence-electron chi connectivity index (χ4n) is 3.39. The monoisotopic (exact) mass is 367 g/mol. The van der Waals surface area contributed by atoms with Gasteiger partial charge in [-0.2, -0.15) is 0 Å². The van der Waals surface area contributed by atoms with Crippen LogP contribution in [-0.2, 0) is 9.53 Å². The van der Waals surface area contributed by atoms with E-state index in [0.29, 0.717) is 11.5 Å². The highest BCUT2D eigenvalue weighted by Crippen LogP contribution is 2.23. The Labute approximate surface area is 159 Å². The molecule has 6 nitrogen and oxygen atoms in total. The average Bonchev–Trinajstić information content (AvgIpc) is 3.22. The van der Waals surface area contributed by atoms with E-state index in [1.54, 1.807) is 0 Å². The minimum Gasteiger partial charge on any atom is -0.469 e. The van der Waals surface area contributed by atoms with Gasteiger partial charge < -0.3 is 10.1 Å². The first-order chi connectivity index (χ1) is 13.1. The smallest absolute Gasteiger partial charge is 0.307 e. The molecule has 1 amide bonds. The lowest BCUT2D eigenvalue weighted by atomic mass is 9.93. The maximum atomic E-state index is 12.8. The molecule has 142 valence electrons. The Balaban J connectivity index is 1.76. The minimum absolute atomic E-state index is 0.0860. The van der Waals surface area contributed by atoms with E-state index < -0.39 is 6.04 Å². The summed E-state index contributed by atoms with van der Waals surface area (Å²) in [7, 11) is 1.35. The van der Waals surface area contributed by atoms with Crippen LogP contribution in [0.1, 0.15) is 45.4 Å². The first-order valence-corrected chi connectivity index (χ1v) is 9.07. The van der Waals surface area contributed by atoms with Crippen LogP contribution in [0, 0.1) is 6.92 Å². The molecule has 0 radical (unpaired) electrons. The van der Waals surface area contributed by atoms with Crippen LogP contribution in [0.4, 0.5) is 0 Å². The molecule has 0 saturated carbocycles. The molecule has 3 rings (SSSR count). The lowest BCUT2D eigenvalue weighted by molar-refractivity contribution is -0.141. The van der Waals surface area contributed by atoms with Crippen molar-refractivity contribution in [2.24, 2.45) is 0 Å². The summed E-state index contributed by atoms with van der Waals surface area (Å²) < 4.78 is 4.78. The predicted octanol–water partition coefficient (Wildman–Crippen LogP) is 2.22. The van der Waals surface area contributed by atoms with Gasteiger partial charge >= 0.3 is 5.97 Å². The molecule has 1 heterocycles. The number of aryl methyl sites for hydroxylation is 1. The molecule has 6 heteroatoms. The number of hydrogen-bond acceptors (Lipinski definition) is 5. The summed E-state index contributed by atoms with van der Waals surface area (Å²) in [6, 6.07) is 14.8. The van der Waals surface area contributed by atoms with Crippen LogP contribution in [0.3, 0.4) is 0 Å². The number of benzene rings is 2. The van der Waals surface area contributed by atoms with Gasteiger partial charge in [-0.25, -0.2) is 0 Å². The molecule has 3 N–H and O–H groups in total. The molecule has 1 aliphatic rings. The van der Waals surface area contributed by atoms with Crippen molar-refractivity contribution in [3.8, 4) is 0 Å². The number of carbonyl (C=O) groups is 2. The maximum absolute atomic E-state index is 12.8. The standard InChI is InChI=1S/C21H25N3O3/c1-14-10-16(8-9-18(14)17-12-22-23-13-17)21(26)24-19(11-20(25)27-2)15-6-4-3-5-7-15/h3-10,17,19,22-23H,11-13H2,1-2H3,(H,24,26)/t19-/m1/s1. The van der Waals surface area contributed by atoms with Crippen LogP contribution in [0.25, 0.3) is 0 Å². The Morgan fingerprint density at radius 3 is 2.48 bits per heavy atom. The normalized spacial score (nSPS) is 15.3. The molecule has 0 aromatic heterocycles. The third kappa shape index (κ3) is 4.72. The van der Waals surface area contributed by atoms with Gasteiger partial charge in [0.05, 0.1) is 19.6 Å². The number of esters is 1. The minimum atomic E-state index is -0.436. The molecule has 27 heavy (non-hydrogen) atoms. The van der Waals surface area contributed by atoms with Gasteiger partial charge in [-0.1, -0.05) is 36.4 Å². The molecular formula is C21H25N3O3. The van der Waals surface area contributed by atoms with E-state index in [4.69, 9.17) is 4.74 Å². The van der Waals surface area contributed by atoms with E-state index in [2.05, 4.69) is 16.2 Å². The zero-order valence-corrected chi connectivity index (χ0v) is 15.6. The van der Waals surface area contributed by atoms with Crippen LogP contribution >= 0.6 is 0 Å². The van der Waals surface area contributed by atoms with E-state index in [0.717, 1.165) is 24.2 Å². The molecule has 1 fully saturated rings. The summed E-state index contributed by atoms with van der Waals surface area (Å²) in [5.74, 6) is -0.166. The molecule has 0 bridgehead atoms. The Morgan fingerprint density at radius 1 is 1.15 bits per heavy atom. The molecule has 2 aromatic rings. The van der Waals surface area contributed by atoms with Gasteiger partial charge in [0.25, 0.3) is 5.91 Å².